The van der Waals surface area contributed by atoms with E-state index in [9.17, 15) is 4.79 Å². The second kappa shape index (κ2) is 6.56. The number of nitrogens with two attached hydrogens (primary N) is 1. The quantitative estimate of drug-likeness (QED) is 0.736. The molecule has 0 fully saturated rings. The van der Waals surface area contributed by atoms with Crippen molar-refractivity contribution in [1.29, 1.82) is 0 Å². The van der Waals surface area contributed by atoms with Crippen LogP contribution in [0, 0.1) is 0 Å². The van der Waals surface area contributed by atoms with Gasteiger partial charge in [-0.25, -0.2) is 4.68 Å². The van der Waals surface area contributed by atoms with E-state index < -0.39 is 11.9 Å². The van der Waals surface area contributed by atoms with E-state index in [1.165, 1.54) is 0 Å². The topological polar surface area (TPSA) is 108 Å². The Morgan fingerprint density at radius 2 is 2.00 bits per heavy atom. The number of carbonyl (C=O) groups excluding carboxylic acids is 1. The molecule has 1 aromatic carbocycles. The smallest absolute Gasteiger partial charge is 0.248 e. The number of amides is 1. The van der Waals surface area contributed by atoms with Gasteiger partial charge >= 0.3 is 0 Å². The number of fused-ring (bicyclic) bond motifs is 1. The van der Waals surface area contributed by atoms with Crippen molar-refractivity contribution >= 4 is 11.9 Å². The first-order valence-corrected chi connectivity index (χ1v) is 8.38. The summed E-state index contributed by atoms with van der Waals surface area (Å²) in [6.45, 7) is 1.79. The Morgan fingerprint density at radius 1 is 1.22 bits per heavy atom. The van der Waals surface area contributed by atoms with Crippen molar-refractivity contribution in [1.82, 2.24) is 19.7 Å². The number of rotatable bonds is 4. The van der Waals surface area contributed by atoms with Crippen molar-refractivity contribution in [2.75, 3.05) is 12.4 Å². The molecule has 2 aromatic heterocycles. The highest BCUT2D eigenvalue weighted by atomic mass is 16.5. The number of benzene rings is 1. The van der Waals surface area contributed by atoms with Crippen LogP contribution >= 0.6 is 0 Å². The van der Waals surface area contributed by atoms with Crippen LogP contribution in [0.3, 0.4) is 0 Å². The van der Waals surface area contributed by atoms with Crippen LogP contribution in [0.2, 0.25) is 0 Å². The Hall–Kier alpha value is -3.68. The van der Waals surface area contributed by atoms with E-state index in [-0.39, 0.29) is 0 Å². The largest absolute Gasteiger partial charge is 0.497 e. The highest BCUT2D eigenvalue weighted by molar-refractivity contribution is 5.95. The molecule has 0 bridgehead atoms. The summed E-state index contributed by atoms with van der Waals surface area (Å²) in [4.78, 5) is 21.1. The van der Waals surface area contributed by atoms with E-state index in [0.717, 1.165) is 11.3 Å². The molecule has 1 atom stereocenters. The first-order chi connectivity index (χ1) is 13.1. The van der Waals surface area contributed by atoms with Gasteiger partial charge in [0.15, 0.2) is 5.82 Å². The van der Waals surface area contributed by atoms with Crippen LogP contribution in [0.5, 0.6) is 5.75 Å². The van der Waals surface area contributed by atoms with Gasteiger partial charge in [-0.2, -0.15) is 4.98 Å². The van der Waals surface area contributed by atoms with Gasteiger partial charge in [0.1, 0.15) is 11.8 Å². The van der Waals surface area contributed by atoms with Crippen LogP contribution in [0.4, 0.5) is 5.95 Å². The van der Waals surface area contributed by atoms with Crippen molar-refractivity contribution in [3.05, 3.63) is 65.6 Å². The fraction of sp³-hybridized carbons (Fsp3) is 0.158. The molecule has 27 heavy (non-hydrogen) atoms. The van der Waals surface area contributed by atoms with Crippen LogP contribution in [0.25, 0.3) is 11.4 Å². The maximum Gasteiger partial charge on any atom is 0.248 e. The van der Waals surface area contributed by atoms with Gasteiger partial charge in [-0.3, -0.25) is 9.78 Å². The second-order valence-electron chi connectivity index (χ2n) is 6.12. The predicted octanol–water partition coefficient (Wildman–Crippen LogP) is 2.12. The predicted molar refractivity (Wildman–Crippen MR) is 99.9 cm³/mol. The summed E-state index contributed by atoms with van der Waals surface area (Å²) in [5.41, 5.74) is 8.20. The molecule has 0 unspecified atom stereocenters. The molecule has 136 valence electrons. The lowest BCUT2D eigenvalue weighted by molar-refractivity contribution is -0.115. The average Bonchev–Trinajstić information content (AvgIpc) is 3.11. The van der Waals surface area contributed by atoms with Crippen LogP contribution in [0.1, 0.15) is 18.7 Å². The van der Waals surface area contributed by atoms with E-state index in [0.29, 0.717) is 28.7 Å². The Morgan fingerprint density at radius 3 is 2.63 bits per heavy atom. The zero-order chi connectivity index (χ0) is 19.0. The molecular formula is C19H18N6O2. The lowest BCUT2D eigenvalue weighted by atomic mass is 9.99. The van der Waals surface area contributed by atoms with E-state index in [1.54, 1.807) is 24.9 Å². The molecule has 0 aliphatic carbocycles. The van der Waals surface area contributed by atoms with Gasteiger partial charge < -0.3 is 15.8 Å². The molecular weight excluding hydrogens is 344 g/mol. The second-order valence-corrected chi connectivity index (χ2v) is 6.12. The lowest BCUT2D eigenvalue weighted by Crippen LogP contribution is -2.32. The van der Waals surface area contributed by atoms with Gasteiger partial charge in [-0.05, 0) is 43.3 Å². The minimum absolute atomic E-state index is 0.410. The molecule has 3 N–H and O–H groups in total. The molecule has 4 rings (SSSR count). The molecule has 0 saturated heterocycles. The SMILES string of the molecule is COc1ccc(-c2nc3n(n2)[C@H](c2ccccn2)C(C(N)=O)=C(C)N3)cc1. The minimum atomic E-state index is -0.542. The molecule has 1 amide bonds. The van der Waals surface area contributed by atoms with Gasteiger partial charge in [0.2, 0.25) is 11.9 Å². The third-order valence-corrected chi connectivity index (χ3v) is 4.43. The Bertz CT molecular complexity index is 1020. The van der Waals surface area contributed by atoms with E-state index in [1.807, 2.05) is 42.5 Å². The van der Waals surface area contributed by atoms with Crippen LogP contribution in [-0.2, 0) is 4.79 Å². The number of hydrogen-bond acceptors (Lipinski definition) is 6. The average molecular weight is 362 g/mol. The van der Waals surface area contributed by atoms with E-state index in [4.69, 9.17) is 10.5 Å². The standard InChI is InChI=1S/C19H18N6O2/c1-11-15(17(20)26)16(14-5-3-4-10-21-14)25-19(22-11)23-18(24-25)12-6-8-13(27-2)9-7-12/h3-10,16H,1-2H3,(H2,20,26)(H,22,23,24)/t16-/m1/s1. The number of aromatic nitrogens is 4. The number of pyridine rings is 1. The first-order valence-electron chi connectivity index (χ1n) is 8.38. The fourth-order valence-corrected chi connectivity index (χ4v) is 3.14. The third kappa shape index (κ3) is 2.91. The number of allylic oxidation sites excluding steroid dienone is 1. The maximum atomic E-state index is 12.1. The van der Waals surface area contributed by atoms with Crippen LogP contribution < -0.4 is 15.8 Å². The number of nitrogens with one attached hydrogen (secondary N) is 1. The van der Waals surface area contributed by atoms with Crippen LogP contribution in [-0.4, -0.2) is 32.8 Å². The van der Waals surface area contributed by atoms with Gasteiger partial charge in [0, 0.05) is 17.5 Å². The Balaban J connectivity index is 1.83. The normalized spacial score (nSPS) is 15.9. The molecule has 3 aromatic rings. The number of nitrogens with zero attached hydrogens (tertiary/aromatic N) is 4. The zero-order valence-electron chi connectivity index (χ0n) is 14.9. The summed E-state index contributed by atoms with van der Waals surface area (Å²) in [5.74, 6) is 1.28. The van der Waals surface area contributed by atoms with Gasteiger partial charge in [-0.15, -0.1) is 5.10 Å². The highest BCUT2D eigenvalue weighted by Crippen LogP contribution is 2.35. The van der Waals surface area contributed by atoms with Crippen molar-refractivity contribution < 1.29 is 9.53 Å². The molecule has 8 heteroatoms. The summed E-state index contributed by atoms with van der Waals surface area (Å²) in [7, 11) is 1.61. The molecule has 1 aliphatic rings. The number of hydrogen-bond donors (Lipinski definition) is 2. The van der Waals surface area contributed by atoms with Gasteiger partial charge in [-0.1, -0.05) is 6.07 Å². The number of primary amides is 1. The van der Waals surface area contributed by atoms with Gasteiger partial charge in [0.25, 0.3) is 0 Å². The Kier molecular flexibility index (Phi) is 4.08. The van der Waals surface area contributed by atoms with E-state index >= 15 is 0 Å². The van der Waals surface area contributed by atoms with Gasteiger partial charge in [0.05, 0.1) is 18.4 Å². The van der Waals surface area contributed by atoms with Crippen molar-refractivity contribution in [2.24, 2.45) is 5.73 Å². The maximum absolute atomic E-state index is 12.1. The molecule has 1 aliphatic heterocycles. The highest BCUT2D eigenvalue weighted by Gasteiger charge is 2.34. The van der Waals surface area contributed by atoms with Crippen molar-refractivity contribution in [2.45, 2.75) is 13.0 Å². The Labute approximate surface area is 155 Å². The first kappa shape index (κ1) is 16.8. The molecule has 0 saturated carbocycles. The van der Waals surface area contributed by atoms with Crippen molar-refractivity contribution in [3.63, 3.8) is 0 Å². The molecule has 0 spiro atoms. The van der Waals surface area contributed by atoms with E-state index in [2.05, 4.69) is 20.4 Å². The summed E-state index contributed by atoms with van der Waals surface area (Å²) in [5, 5.41) is 7.74. The molecule has 3 heterocycles. The van der Waals surface area contributed by atoms with Crippen molar-refractivity contribution in [3.8, 4) is 17.1 Å². The summed E-state index contributed by atoms with van der Waals surface area (Å²) >= 11 is 0. The number of carbonyl (C=O) groups is 1. The number of methoxy groups -OCH3 is 1. The lowest BCUT2D eigenvalue weighted by Gasteiger charge is -2.26. The number of ether oxygens (including phenoxy) is 1. The monoisotopic (exact) mass is 362 g/mol. The fourth-order valence-electron chi connectivity index (χ4n) is 3.14. The minimum Gasteiger partial charge on any atom is -0.497 e. The number of anilines is 1. The third-order valence-electron chi connectivity index (χ3n) is 4.43. The zero-order valence-corrected chi connectivity index (χ0v) is 14.9. The molecule has 0 radical (unpaired) electrons. The molecule has 8 nitrogen and oxygen atoms in total. The summed E-state index contributed by atoms with van der Waals surface area (Å²) in [6, 6.07) is 12.4. The van der Waals surface area contributed by atoms with Crippen LogP contribution in [0.15, 0.2) is 59.9 Å². The summed E-state index contributed by atoms with van der Waals surface area (Å²) in [6.07, 6.45) is 1.67. The summed E-state index contributed by atoms with van der Waals surface area (Å²) < 4.78 is 6.84.